The predicted octanol–water partition coefficient (Wildman–Crippen LogP) is -0.0682. The SMILES string of the molecule is CON=C(C(=O)N[C@@H]1C(=O)N2C(C(=O)O)=C(COC(=O)CC(C)=O)CS[C@@H]12)c1csc(NC(=O)CCl)n1. The van der Waals surface area contributed by atoms with E-state index in [-0.39, 0.29) is 39.4 Å². The van der Waals surface area contributed by atoms with Gasteiger partial charge in [0.05, 0.1) is 0 Å². The number of hydrogen-bond donors (Lipinski definition) is 3. The van der Waals surface area contributed by atoms with Gasteiger partial charge in [-0.1, -0.05) is 5.16 Å². The van der Waals surface area contributed by atoms with E-state index in [2.05, 4.69) is 20.8 Å². The van der Waals surface area contributed by atoms with E-state index in [0.717, 1.165) is 28.0 Å². The normalized spacial score (nSPS) is 18.9. The monoisotopic (exact) mass is 573 g/mol. The zero-order chi connectivity index (χ0) is 27.3. The van der Waals surface area contributed by atoms with Crippen LogP contribution in [-0.2, 0) is 38.3 Å². The number of ketones is 1. The molecule has 2 aliphatic rings. The molecule has 1 fully saturated rings. The molecule has 2 atom stereocenters. The average molecular weight is 574 g/mol. The average Bonchev–Trinajstić information content (AvgIpc) is 3.30. The summed E-state index contributed by atoms with van der Waals surface area (Å²) in [5.41, 5.74) is -0.376. The Labute approximate surface area is 222 Å². The lowest BCUT2D eigenvalue weighted by atomic mass is 10.0. The number of aromatic nitrogens is 1. The van der Waals surface area contributed by atoms with Crippen molar-refractivity contribution < 1.29 is 43.4 Å². The number of nitrogens with one attached hydrogen (secondary N) is 2. The molecule has 0 saturated carbocycles. The summed E-state index contributed by atoms with van der Waals surface area (Å²) >= 11 is 7.63. The summed E-state index contributed by atoms with van der Waals surface area (Å²) < 4.78 is 4.98. The highest BCUT2D eigenvalue weighted by atomic mass is 35.5. The third kappa shape index (κ3) is 6.44. The van der Waals surface area contributed by atoms with Crippen molar-refractivity contribution in [2.24, 2.45) is 5.16 Å². The smallest absolute Gasteiger partial charge is 0.352 e. The highest BCUT2D eigenvalue weighted by Crippen LogP contribution is 2.40. The maximum Gasteiger partial charge on any atom is 0.352 e. The summed E-state index contributed by atoms with van der Waals surface area (Å²) in [5, 5.41) is 19.2. The summed E-state index contributed by atoms with van der Waals surface area (Å²) in [6, 6.07) is -1.08. The van der Waals surface area contributed by atoms with Crippen LogP contribution in [0.1, 0.15) is 19.0 Å². The molecule has 3 N–H and O–H groups in total. The van der Waals surface area contributed by atoms with Crippen LogP contribution in [-0.4, -0.2) is 92.9 Å². The highest BCUT2D eigenvalue weighted by molar-refractivity contribution is 8.00. The van der Waals surface area contributed by atoms with Crippen LogP contribution in [0.25, 0.3) is 0 Å². The van der Waals surface area contributed by atoms with Gasteiger partial charge in [-0.3, -0.25) is 28.9 Å². The van der Waals surface area contributed by atoms with E-state index in [1.165, 1.54) is 19.4 Å². The van der Waals surface area contributed by atoms with Crippen LogP contribution in [0.15, 0.2) is 21.8 Å². The molecular weight excluding hydrogens is 554 g/mol. The Bertz CT molecular complexity index is 1210. The molecular formula is C20H20ClN5O9S2. The first-order chi connectivity index (χ1) is 17.6. The molecule has 0 radical (unpaired) electrons. The Balaban J connectivity index is 1.72. The van der Waals surface area contributed by atoms with Gasteiger partial charge in [0.25, 0.3) is 11.8 Å². The number of anilines is 1. The minimum Gasteiger partial charge on any atom is -0.477 e. The molecule has 0 unspecified atom stereocenters. The van der Waals surface area contributed by atoms with Crippen LogP contribution in [0.2, 0.25) is 0 Å². The molecule has 0 spiro atoms. The number of β-lactam (4-membered cyclic amide) rings is 1. The van der Waals surface area contributed by atoms with Gasteiger partial charge in [-0.05, 0) is 6.92 Å². The lowest BCUT2D eigenvalue weighted by molar-refractivity contribution is -0.150. The van der Waals surface area contributed by atoms with Crippen molar-refractivity contribution in [3.63, 3.8) is 0 Å². The molecule has 37 heavy (non-hydrogen) atoms. The fraction of sp³-hybridized carbons (Fsp3) is 0.400. The third-order valence-corrected chi connectivity index (χ3v) is 7.19. The maximum absolute atomic E-state index is 12.9. The number of rotatable bonds is 11. The summed E-state index contributed by atoms with van der Waals surface area (Å²) in [6.45, 7) is 0.818. The lowest BCUT2D eigenvalue weighted by Gasteiger charge is -2.49. The van der Waals surface area contributed by atoms with Crippen molar-refractivity contribution in [3.05, 3.63) is 22.3 Å². The van der Waals surface area contributed by atoms with Gasteiger partial charge in [0.15, 0.2) is 10.8 Å². The third-order valence-electron chi connectivity index (χ3n) is 4.85. The Morgan fingerprint density at radius 1 is 1.32 bits per heavy atom. The summed E-state index contributed by atoms with van der Waals surface area (Å²) in [5.74, 6) is -4.81. The minimum atomic E-state index is -1.41. The largest absolute Gasteiger partial charge is 0.477 e. The number of carboxylic acid groups (broad SMARTS) is 1. The van der Waals surface area contributed by atoms with E-state index in [9.17, 15) is 33.9 Å². The zero-order valence-corrected chi connectivity index (χ0v) is 21.7. The van der Waals surface area contributed by atoms with Crippen molar-refractivity contribution in [3.8, 4) is 0 Å². The van der Waals surface area contributed by atoms with E-state index in [1.54, 1.807) is 0 Å². The number of alkyl halides is 1. The standard InChI is InChI=1S/C20H20ClN5O9S2/c1-8(27)3-12(29)35-5-9-6-36-18-14(17(31)26(18)15(9)19(32)33)24-16(30)13(25-34-2)10-7-37-20(22-10)23-11(28)4-21/h7,14,18H,3-6H2,1-2H3,(H,24,30)(H,32,33)(H,22,23,28)/t14-,18+/m1/s1. The molecule has 3 heterocycles. The van der Waals surface area contributed by atoms with E-state index < -0.39 is 59.9 Å². The Kier molecular flexibility index (Phi) is 9.23. The predicted molar refractivity (Wildman–Crippen MR) is 131 cm³/mol. The van der Waals surface area contributed by atoms with E-state index in [4.69, 9.17) is 21.2 Å². The summed E-state index contributed by atoms with van der Waals surface area (Å²) in [6.07, 6.45) is -0.451. The lowest BCUT2D eigenvalue weighted by Crippen LogP contribution is -2.71. The van der Waals surface area contributed by atoms with Crippen molar-refractivity contribution in [2.75, 3.05) is 30.7 Å². The fourth-order valence-electron chi connectivity index (χ4n) is 3.31. The Morgan fingerprint density at radius 2 is 2.05 bits per heavy atom. The topological polar surface area (TPSA) is 194 Å². The molecule has 3 rings (SSSR count). The molecule has 198 valence electrons. The molecule has 14 nitrogen and oxygen atoms in total. The number of halogens is 1. The first-order valence-corrected chi connectivity index (χ1v) is 12.8. The van der Waals surface area contributed by atoms with Gasteiger partial charge in [0.2, 0.25) is 5.91 Å². The van der Waals surface area contributed by atoms with E-state index in [1.807, 2.05) is 0 Å². The first-order valence-electron chi connectivity index (χ1n) is 10.4. The number of Topliss-reactive ketones (excluding diaryl/α,β-unsaturated/α-hetero) is 1. The molecule has 1 aromatic heterocycles. The van der Waals surface area contributed by atoms with Gasteiger partial charge in [-0.15, -0.1) is 34.7 Å². The van der Waals surface area contributed by atoms with Gasteiger partial charge in [-0.25, -0.2) is 9.78 Å². The number of carbonyl (C=O) groups is 6. The van der Waals surface area contributed by atoms with Crippen molar-refractivity contribution in [1.82, 2.24) is 15.2 Å². The number of carboxylic acids is 1. The maximum atomic E-state index is 12.9. The molecule has 1 saturated heterocycles. The molecule has 0 aliphatic carbocycles. The molecule has 17 heteroatoms. The van der Waals surface area contributed by atoms with Crippen molar-refractivity contribution in [1.29, 1.82) is 0 Å². The second-order valence-electron chi connectivity index (χ2n) is 7.50. The number of nitrogens with zero attached hydrogens (tertiary/aromatic N) is 3. The fourth-order valence-corrected chi connectivity index (χ4v) is 5.42. The number of ether oxygens (including phenoxy) is 1. The van der Waals surface area contributed by atoms with Crippen molar-refractivity contribution >= 4 is 81.0 Å². The molecule has 1 aromatic rings. The highest BCUT2D eigenvalue weighted by Gasteiger charge is 2.54. The second-order valence-corrected chi connectivity index (χ2v) is 9.73. The Hall–Kier alpha value is -3.50. The minimum absolute atomic E-state index is 0.0648. The zero-order valence-electron chi connectivity index (χ0n) is 19.3. The van der Waals surface area contributed by atoms with Gasteiger partial charge >= 0.3 is 11.9 Å². The summed E-state index contributed by atoms with van der Waals surface area (Å²) in [7, 11) is 1.21. The Morgan fingerprint density at radius 3 is 2.68 bits per heavy atom. The van der Waals surface area contributed by atoms with Gasteiger partial charge < -0.3 is 25.3 Å². The van der Waals surface area contributed by atoms with E-state index >= 15 is 0 Å². The number of thiazole rings is 1. The van der Waals surface area contributed by atoms with Crippen molar-refractivity contribution in [2.45, 2.75) is 24.8 Å². The van der Waals surface area contributed by atoms with Crippen LogP contribution < -0.4 is 10.6 Å². The quantitative estimate of drug-likeness (QED) is 0.0801. The van der Waals surface area contributed by atoms with Gasteiger partial charge in [0.1, 0.15) is 54.6 Å². The number of carbonyl (C=O) groups excluding carboxylic acids is 5. The van der Waals surface area contributed by atoms with Crippen LogP contribution in [0.3, 0.4) is 0 Å². The molecule has 0 aromatic carbocycles. The van der Waals surface area contributed by atoms with Crippen LogP contribution in [0.4, 0.5) is 5.13 Å². The van der Waals surface area contributed by atoms with Gasteiger partial charge in [0, 0.05) is 16.7 Å². The molecule has 3 amide bonds. The first kappa shape index (κ1) is 28.1. The number of oxime groups is 1. The number of aliphatic carboxylic acids is 1. The second kappa shape index (κ2) is 12.2. The van der Waals surface area contributed by atoms with Crippen LogP contribution >= 0.6 is 34.7 Å². The van der Waals surface area contributed by atoms with Gasteiger partial charge in [-0.2, -0.15) is 0 Å². The number of amides is 3. The van der Waals surface area contributed by atoms with Crippen LogP contribution in [0.5, 0.6) is 0 Å². The van der Waals surface area contributed by atoms with E-state index in [0.29, 0.717) is 0 Å². The molecule has 0 bridgehead atoms. The molecule has 2 aliphatic heterocycles. The number of esters is 1. The number of hydrogen-bond acceptors (Lipinski definition) is 12. The van der Waals surface area contributed by atoms with Crippen LogP contribution in [0, 0.1) is 0 Å². The number of fused-ring (bicyclic) bond motifs is 1. The summed E-state index contributed by atoms with van der Waals surface area (Å²) in [4.78, 5) is 81.7. The number of thioether (sulfide) groups is 1.